The summed E-state index contributed by atoms with van der Waals surface area (Å²) < 4.78 is 1.45. The van der Waals surface area contributed by atoms with E-state index in [2.05, 4.69) is 12.2 Å². The molecule has 1 N–H and O–H groups in total. The van der Waals surface area contributed by atoms with E-state index in [0.29, 0.717) is 18.0 Å². The fourth-order valence-electron chi connectivity index (χ4n) is 3.05. The smallest absolute Gasteiger partial charge is 0.274 e. The number of hydrogen-bond acceptors (Lipinski definition) is 3. The van der Waals surface area contributed by atoms with E-state index in [1.54, 1.807) is 19.1 Å². The van der Waals surface area contributed by atoms with Gasteiger partial charge in [-0.25, -0.2) is 0 Å². The lowest BCUT2D eigenvalue weighted by Gasteiger charge is -2.31. The summed E-state index contributed by atoms with van der Waals surface area (Å²) in [5, 5.41) is 2.64. The van der Waals surface area contributed by atoms with Crippen LogP contribution in [0.2, 0.25) is 0 Å². The number of aromatic nitrogens is 1. The quantitative estimate of drug-likeness (QED) is 0.897. The summed E-state index contributed by atoms with van der Waals surface area (Å²) in [7, 11) is 0. The van der Waals surface area contributed by atoms with Crippen molar-refractivity contribution in [2.75, 3.05) is 18.4 Å². The van der Waals surface area contributed by atoms with E-state index in [-0.39, 0.29) is 29.6 Å². The summed E-state index contributed by atoms with van der Waals surface area (Å²) >= 11 is 0. The molecule has 2 amide bonds. The molecule has 6 nitrogen and oxygen atoms in total. The Kier molecular flexibility index (Phi) is 6.17. The molecular formula is C18H27N3O3. The highest BCUT2D eigenvalue weighted by Crippen LogP contribution is 2.16. The Labute approximate surface area is 142 Å². The van der Waals surface area contributed by atoms with E-state index in [9.17, 15) is 14.4 Å². The van der Waals surface area contributed by atoms with Crippen molar-refractivity contribution in [3.63, 3.8) is 0 Å². The molecular weight excluding hydrogens is 306 g/mol. The lowest BCUT2D eigenvalue weighted by molar-refractivity contribution is -0.133. The van der Waals surface area contributed by atoms with Crippen LogP contribution in [0.3, 0.4) is 0 Å². The first-order valence-corrected chi connectivity index (χ1v) is 8.70. The second kappa shape index (κ2) is 8.13. The molecule has 0 spiro atoms. The highest BCUT2D eigenvalue weighted by Gasteiger charge is 2.22. The predicted octanol–water partition coefficient (Wildman–Crippen LogP) is 2.15. The normalized spacial score (nSPS) is 17.6. The van der Waals surface area contributed by atoms with Gasteiger partial charge in [-0.2, -0.15) is 0 Å². The average Bonchev–Trinajstić information content (AvgIpc) is 2.54. The second-order valence-corrected chi connectivity index (χ2v) is 6.67. The highest BCUT2D eigenvalue weighted by atomic mass is 16.2. The maximum Gasteiger partial charge on any atom is 0.274 e. The zero-order valence-electron chi connectivity index (χ0n) is 14.8. The minimum atomic E-state index is -0.321. The number of piperidine rings is 1. The van der Waals surface area contributed by atoms with E-state index in [1.165, 1.54) is 4.57 Å². The number of pyridine rings is 1. The number of hydrogen-bond donors (Lipinski definition) is 1. The van der Waals surface area contributed by atoms with Crippen LogP contribution in [0.25, 0.3) is 0 Å². The van der Waals surface area contributed by atoms with Crippen molar-refractivity contribution in [2.24, 2.45) is 5.92 Å². The number of likely N-dealkylation sites (tertiary alicyclic amines) is 1. The number of nitrogens with one attached hydrogen (secondary N) is 1. The number of anilines is 1. The van der Waals surface area contributed by atoms with Crippen molar-refractivity contribution in [1.29, 1.82) is 0 Å². The van der Waals surface area contributed by atoms with Gasteiger partial charge in [0.25, 0.3) is 5.56 Å². The fraction of sp³-hybridized carbons (Fsp3) is 0.611. The van der Waals surface area contributed by atoms with Crippen molar-refractivity contribution < 1.29 is 9.59 Å². The Morgan fingerprint density at radius 2 is 2.08 bits per heavy atom. The van der Waals surface area contributed by atoms with Gasteiger partial charge in [0.05, 0.1) is 0 Å². The number of rotatable bonds is 5. The Balaban J connectivity index is 2.15. The predicted molar refractivity (Wildman–Crippen MR) is 94.0 cm³/mol. The maximum atomic E-state index is 12.6. The summed E-state index contributed by atoms with van der Waals surface area (Å²) in [5.41, 5.74) is 0.628. The third kappa shape index (κ3) is 4.46. The molecule has 2 heterocycles. The standard InChI is InChI=1S/C18H27N3O3/c1-4-6-16(22)19-15-9-8-14(3)21(18(15)24)12-17(23)20-10-5-7-13(2)11-20/h8-9,13H,4-7,10-12H2,1-3H3,(H,19,22)/t13-/m0/s1. The van der Waals surface area contributed by atoms with Gasteiger partial charge in [-0.05, 0) is 44.2 Å². The molecule has 0 radical (unpaired) electrons. The minimum Gasteiger partial charge on any atom is -0.341 e. The molecule has 0 aromatic carbocycles. The van der Waals surface area contributed by atoms with Gasteiger partial charge in [0.1, 0.15) is 12.2 Å². The zero-order valence-corrected chi connectivity index (χ0v) is 14.8. The summed E-state index contributed by atoms with van der Waals surface area (Å²) in [5.74, 6) is 0.283. The first kappa shape index (κ1) is 18.2. The zero-order chi connectivity index (χ0) is 17.7. The summed E-state index contributed by atoms with van der Waals surface area (Å²) in [6, 6.07) is 3.37. The van der Waals surface area contributed by atoms with Crippen molar-refractivity contribution in [3.8, 4) is 0 Å². The number of amides is 2. The number of aryl methyl sites for hydroxylation is 1. The monoisotopic (exact) mass is 333 g/mol. The van der Waals surface area contributed by atoms with E-state index in [1.807, 2.05) is 11.8 Å². The third-order valence-corrected chi connectivity index (χ3v) is 4.45. The van der Waals surface area contributed by atoms with Gasteiger partial charge in [-0.1, -0.05) is 13.8 Å². The Hall–Kier alpha value is -2.11. The molecule has 1 saturated heterocycles. The van der Waals surface area contributed by atoms with Gasteiger partial charge in [0, 0.05) is 25.2 Å². The van der Waals surface area contributed by atoms with Crippen LogP contribution in [-0.4, -0.2) is 34.4 Å². The summed E-state index contributed by atoms with van der Waals surface area (Å²) in [4.78, 5) is 38.7. The first-order valence-electron chi connectivity index (χ1n) is 8.70. The number of carbonyl (C=O) groups excluding carboxylic acids is 2. The van der Waals surface area contributed by atoms with E-state index < -0.39 is 0 Å². The molecule has 1 fully saturated rings. The van der Waals surface area contributed by atoms with Crippen LogP contribution in [-0.2, 0) is 16.1 Å². The molecule has 1 aromatic heterocycles. The largest absolute Gasteiger partial charge is 0.341 e. The van der Waals surface area contributed by atoms with Crippen LogP contribution >= 0.6 is 0 Å². The van der Waals surface area contributed by atoms with Gasteiger partial charge >= 0.3 is 0 Å². The summed E-state index contributed by atoms with van der Waals surface area (Å²) in [6.45, 7) is 7.37. The highest BCUT2D eigenvalue weighted by molar-refractivity contribution is 5.90. The SMILES string of the molecule is CCCC(=O)Nc1ccc(C)n(CC(=O)N2CCC[C@H](C)C2)c1=O. The third-order valence-electron chi connectivity index (χ3n) is 4.45. The molecule has 6 heteroatoms. The molecule has 0 aliphatic carbocycles. The van der Waals surface area contributed by atoms with Gasteiger partial charge < -0.3 is 14.8 Å². The minimum absolute atomic E-state index is 0.0227. The molecule has 1 aliphatic rings. The first-order chi connectivity index (χ1) is 11.4. The van der Waals surface area contributed by atoms with Crippen molar-refractivity contribution >= 4 is 17.5 Å². The number of nitrogens with zero attached hydrogens (tertiary/aromatic N) is 2. The van der Waals surface area contributed by atoms with Gasteiger partial charge in [0.2, 0.25) is 11.8 Å². The molecule has 2 rings (SSSR count). The maximum absolute atomic E-state index is 12.6. The Bertz CT molecular complexity index is 666. The molecule has 1 aliphatic heterocycles. The molecule has 0 bridgehead atoms. The van der Waals surface area contributed by atoms with Crippen LogP contribution in [0.1, 0.15) is 45.2 Å². The van der Waals surface area contributed by atoms with E-state index >= 15 is 0 Å². The Morgan fingerprint density at radius 1 is 1.33 bits per heavy atom. The van der Waals surface area contributed by atoms with Crippen LogP contribution < -0.4 is 10.9 Å². The summed E-state index contributed by atoms with van der Waals surface area (Å²) in [6.07, 6.45) is 3.24. The van der Waals surface area contributed by atoms with Gasteiger partial charge in [-0.3, -0.25) is 14.4 Å². The van der Waals surface area contributed by atoms with Crippen LogP contribution in [0.4, 0.5) is 5.69 Å². The molecule has 132 valence electrons. The topological polar surface area (TPSA) is 71.4 Å². The van der Waals surface area contributed by atoms with Gasteiger partial charge in [-0.15, -0.1) is 0 Å². The van der Waals surface area contributed by atoms with Crippen LogP contribution in [0.5, 0.6) is 0 Å². The Morgan fingerprint density at radius 3 is 2.75 bits per heavy atom. The lowest BCUT2D eigenvalue weighted by Crippen LogP contribution is -2.42. The fourth-order valence-corrected chi connectivity index (χ4v) is 3.05. The molecule has 0 unspecified atom stereocenters. The number of carbonyl (C=O) groups is 2. The van der Waals surface area contributed by atoms with Crippen LogP contribution in [0.15, 0.2) is 16.9 Å². The van der Waals surface area contributed by atoms with Crippen molar-refractivity contribution in [3.05, 3.63) is 28.2 Å². The van der Waals surface area contributed by atoms with Crippen molar-refractivity contribution in [2.45, 2.75) is 53.0 Å². The molecule has 24 heavy (non-hydrogen) atoms. The van der Waals surface area contributed by atoms with Crippen LogP contribution in [0, 0.1) is 12.8 Å². The second-order valence-electron chi connectivity index (χ2n) is 6.67. The molecule has 1 atom stereocenters. The van der Waals surface area contributed by atoms with Crippen molar-refractivity contribution in [1.82, 2.24) is 9.47 Å². The lowest BCUT2D eigenvalue weighted by atomic mass is 10.0. The van der Waals surface area contributed by atoms with Gasteiger partial charge in [0.15, 0.2) is 0 Å². The molecule has 0 saturated carbocycles. The average molecular weight is 333 g/mol. The van der Waals surface area contributed by atoms with E-state index in [0.717, 1.165) is 32.4 Å². The van der Waals surface area contributed by atoms with E-state index in [4.69, 9.17) is 0 Å². The molecule has 1 aromatic rings.